The summed E-state index contributed by atoms with van der Waals surface area (Å²) >= 11 is 0. The molecule has 0 atom stereocenters. The van der Waals surface area contributed by atoms with Gasteiger partial charge in [0.1, 0.15) is 0 Å². The van der Waals surface area contributed by atoms with Crippen molar-refractivity contribution in [3.63, 3.8) is 0 Å². The van der Waals surface area contributed by atoms with Gasteiger partial charge in [-0.3, -0.25) is 0 Å². The summed E-state index contributed by atoms with van der Waals surface area (Å²) in [6, 6.07) is 12.3. The molecular weight excluding hydrogens is 451 g/mol. The van der Waals surface area contributed by atoms with Crippen LogP contribution in [0.3, 0.4) is 0 Å². The van der Waals surface area contributed by atoms with Crippen LogP contribution >= 0.6 is 0 Å². The molecule has 0 fully saturated rings. The minimum absolute atomic E-state index is 0.257. The number of carbonyl (C=O) groups is 1. The Labute approximate surface area is 231 Å². The van der Waals surface area contributed by atoms with Crippen molar-refractivity contribution in [1.82, 2.24) is 0 Å². The van der Waals surface area contributed by atoms with Crippen LogP contribution in [0, 0.1) is 13.8 Å². The van der Waals surface area contributed by atoms with Crippen molar-refractivity contribution in [2.75, 3.05) is 6.61 Å². The zero-order valence-electron chi connectivity index (χ0n) is 26.1. The molecule has 2 aromatic rings. The van der Waals surface area contributed by atoms with Gasteiger partial charge in [-0.25, -0.2) is 4.79 Å². The first-order valence-corrected chi connectivity index (χ1v) is 13.7. The third kappa shape index (κ3) is 11.9. The van der Waals surface area contributed by atoms with Crippen LogP contribution in [0.15, 0.2) is 66.3 Å². The topological polar surface area (TPSA) is 26.3 Å². The number of rotatable bonds is 7. The Bertz CT molecular complexity index is 981. The summed E-state index contributed by atoms with van der Waals surface area (Å²) in [7, 11) is 4.50. The Morgan fingerprint density at radius 1 is 0.919 bits per heavy atom. The van der Waals surface area contributed by atoms with Gasteiger partial charge in [0, 0.05) is 0 Å². The number of ether oxygens (including phenoxy) is 1. The minimum atomic E-state index is -0.257. The van der Waals surface area contributed by atoms with Crippen LogP contribution in [0.4, 0.5) is 0 Å². The normalized spacial score (nSPS) is 10.4. The van der Waals surface area contributed by atoms with Crippen LogP contribution in [-0.2, 0) is 11.2 Å². The van der Waals surface area contributed by atoms with Crippen LogP contribution < -0.4 is 0 Å². The summed E-state index contributed by atoms with van der Waals surface area (Å²) < 4.78 is 5.22. The molecule has 0 spiro atoms. The highest BCUT2D eigenvalue weighted by molar-refractivity contribution is 6.05. The van der Waals surface area contributed by atoms with E-state index in [0.717, 1.165) is 23.1 Å². The molecule has 0 aromatic heterocycles. The second kappa shape index (κ2) is 23.6. The lowest BCUT2D eigenvalue weighted by molar-refractivity contribution is 0.0525. The summed E-state index contributed by atoms with van der Waals surface area (Å²) in [4.78, 5) is 12.3. The van der Waals surface area contributed by atoms with Crippen molar-refractivity contribution < 1.29 is 9.53 Å². The molecule has 0 heterocycles. The number of esters is 1. The number of hydrogen-bond acceptors (Lipinski definition) is 2. The van der Waals surface area contributed by atoms with E-state index in [2.05, 4.69) is 65.5 Å². The van der Waals surface area contributed by atoms with Crippen LogP contribution in [0.25, 0.3) is 5.57 Å². The Morgan fingerprint density at radius 3 is 1.92 bits per heavy atom. The molecule has 3 heteroatoms. The predicted molar refractivity (Wildman–Crippen MR) is 169 cm³/mol. The highest BCUT2D eigenvalue weighted by Crippen LogP contribution is 2.31. The smallest absolute Gasteiger partial charge is 0.338 e. The van der Waals surface area contributed by atoms with E-state index in [0.29, 0.717) is 12.2 Å². The standard InChI is InChI=1S/C27H32O2.3C2H6.CH3B/c1-8-22(9-2)19(5)20(6)26-18(4)13-11-15-24(26)17-23-14-12-16-25(21(23)7)27(28)29-10-3;4*1-2/h8-9,11-16H,1,10,17H2,2-7H3;3*1-2H3;1H3/b20-19+,22-9+;;;;. The number of benzene rings is 2. The molecule has 0 saturated heterocycles. The molecular formula is C34H53BO2. The van der Waals surface area contributed by atoms with Gasteiger partial charge in [-0.2, -0.15) is 0 Å². The molecule has 0 aliphatic rings. The molecule has 0 unspecified atom stereocenters. The van der Waals surface area contributed by atoms with Crippen molar-refractivity contribution >= 4 is 19.4 Å². The van der Waals surface area contributed by atoms with Crippen molar-refractivity contribution in [2.45, 2.75) is 96.3 Å². The first kappa shape index (κ1) is 38.7. The maximum absolute atomic E-state index is 12.3. The summed E-state index contributed by atoms with van der Waals surface area (Å²) in [5, 5.41) is 0. The second-order valence-corrected chi connectivity index (χ2v) is 7.29. The first-order chi connectivity index (χ1) is 17.8. The molecule has 0 bridgehead atoms. The summed E-state index contributed by atoms with van der Waals surface area (Å²) in [5.41, 5.74) is 10.2. The van der Waals surface area contributed by atoms with Gasteiger partial charge in [0.25, 0.3) is 0 Å². The highest BCUT2D eigenvalue weighted by Gasteiger charge is 2.16. The van der Waals surface area contributed by atoms with E-state index in [1.165, 1.54) is 34.7 Å². The van der Waals surface area contributed by atoms with E-state index >= 15 is 0 Å². The van der Waals surface area contributed by atoms with E-state index in [1.54, 1.807) is 0 Å². The van der Waals surface area contributed by atoms with Crippen molar-refractivity contribution in [1.29, 1.82) is 0 Å². The fourth-order valence-electron chi connectivity index (χ4n) is 3.81. The zero-order valence-corrected chi connectivity index (χ0v) is 26.1. The number of carbonyl (C=O) groups excluding carboxylic acids is 1. The molecule has 2 rings (SSSR count). The summed E-state index contributed by atoms with van der Waals surface area (Å²) in [6.07, 6.45) is 4.76. The quantitative estimate of drug-likeness (QED) is 0.213. The van der Waals surface area contributed by atoms with E-state index in [1.807, 2.05) is 80.5 Å². The van der Waals surface area contributed by atoms with Crippen molar-refractivity contribution in [3.05, 3.63) is 99.7 Å². The highest BCUT2D eigenvalue weighted by atomic mass is 16.5. The van der Waals surface area contributed by atoms with E-state index in [-0.39, 0.29) is 5.97 Å². The minimum Gasteiger partial charge on any atom is -0.462 e. The molecule has 2 aromatic carbocycles. The Balaban J connectivity index is -0.00000131. The van der Waals surface area contributed by atoms with Crippen LogP contribution in [-0.4, -0.2) is 20.4 Å². The third-order valence-electron chi connectivity index (χ3n) is 5.58. The molecule has 2 radical (unpaired) electrons. The maximum Gasteiger partial charge on any atom is 0.338 e. The lowest BCUT2D eigenvalue weighted by atomic mass is 9.87. The average molecular weight is 505 g/mol. The Kier molecular flexibility index (Phi) is 24.7. The lowest BCUT2D eigenvalue weighted by Gasteiger charge is -2.18. The predicted octanol–water partition coefficient (Wildman–Crippen LogP) is 10.3. The first-order valence-electron chi connectivity index (χ1n) is 13.7. The Morgan fingerprint density at radius 2 is 1.43 bits per heavy atom. The average Bonchev–Trinajstić information content (AvgIpc) is 2.95. The molecule has 37 heavy (non-hydrogen) atoms. The number of aryl methyl sites for hydroxylation is 1. The van der Waals surface area contributed by atoms with Crippen LogP contribution in [0.1, 0.15) is 107 Å². The Hall–Kier alpha value is -2.81. The molecule has 2 nitrogen and oxygen atoms in total. The number of allylic oxidation sites excluding steroid dienone is 5. The van der Waals surface area contributed by atoms with Gasteiger partial charge in [-0.15, -0.1) is 0 Å². The van der Waals surface area contributed by atoms with Gasteiger partial charge >= 0.3 is 5.97 Å². The van der Waals surface area contributed by atoms with E-state index < -0.39 is 0 Å². The SMILES string of the molecule is C=CC(=C\C)/C(C)=C(\C)c1c(C)cccc1Cc1cccc(C(=O)OCC)c1C.CC.CC.CC.[B]C. The third-order valence-corrected chi connectivity index (χ3v) is 5.58. The van der Waals surface area contributed by atoms with Gasteiger partial charge in [0.15, 0.2) is 0 Å². The number of hydrogen-bond donors (Lipinski definition) is 0. The van der Waals surface area contributed by atoms with Gasteiger partial charge < -0.3 is 4.74 Å². The fraction of sp³-hybridized carbons (Fsp3) is 0.441. The van der Waals surface area contributed by atoms with E-state index in [4.69, 9.17) is 4.74 Å². The van der Waals surface area contributed by atoms with Gasteiger partial charge in [-0.1, -0.05) is 97.4 Å². The molecule has 0 aliphatic heterocycles. The molecule has 204 valence electrons. The lowest BCUT2D eigenvalue weighted by Crippen LogP contribution is -2.09. The molecule has 0 amide bonds. The maximum atomic E-state index is 12.3. The van der Waals surface area contributed by atoms with Gasteiger partial charge in [-0.05, 0) is 98.6 Å². The largest absolute Gasteiger partial charge is 0.462 e. The molecule has 0 saturated carbocycles. The summed E-state index contributed by atoms with van der Waals surface area (Å²) in [6.45, 7) is 30.2. The van der Waals surface area contributed by atoms with E-state index in [9.17, 15) is 4.79 Å². The monoisotopic (exact) mass is 504 g/mol. The van der Waals surface area contributed by atoms with Crippen molar-refractivity contribution in [2.24, 2.45) is 0 Å². The fourth-order valence-corrected chi connectivity index (χ4v) is 3.81. The van der Waals surface area contributed by atoms with Gasteiger partial charge in [0.2, 0.25) is 0 Å². The van der Waals surface area contributed by atoms with Crippen LogP contribution in [0.5, 0.6) is 0 Å². The second-order valence-electron chi connectivity index (χ2n) is 7.29. The summed E-state index contributed by atoms with van der Waals surface area (Å²) in [5.74, 6) is -0.257. The van der Waals surface area contributed by atoms with Crippen molar-refractivity contribution in [3.8, 4) is 0 Å². The molecule has 0 N–H and O–H groups in total. The zero-order chi connectivity index (χ0) is 29.6. The molecule has 0 aliphatic carbocycles. The van der Waals surface area contributed by atoms with Crippen LogP contribution in [0.2, 0.25) is 6.82 Å². The van der Waals surface area contributed by atoms with Gasteiger partial charge in [0.05, 0.1) is 20.0 Å².